The summed E-state index contributed by atoms with van der Waals surface area (Å²) in [6, 6.07) is 4.69. The summed E-state index contributed by atoms with van der Waals surface area (Å²) in [5.41, 5.74) is 1.46. The van der Waals surface area contributed by atoms with E-state index in [-0.39, 0.29) is 5.82 Å². The first-order valence-corrected chi connectivity index (χ1v) is 3.58. The van der Waals surface area contributed by atoms with E-state index in [4.69, 9.17) is 0 Å². The molecular weight excluding hydrogens is 155 g/mol. The van der Waals surface area contributed by atoms with Gasteiger partial charge in [0.1, 0.15) is 11.7 Å². The molecule has 0 spiro atoms. The van der Waals surface area contributed by atoms with Crippen LogP contribution in [0.15, 0.2) is 18.2 Å². The predicted molar refractivity (Wildman–Crippen MR) is 43.1 cm³/mol. The van der Waals surface area contributed by atoms with Crippen molar-refractivity contribution in [3.05, 3.63) is 35.9 Å². The molecule has 0 atom stereocenters. The van der Waals surface area contributed by atoms with Crippen LogP contribution in [0.4, 0.5) is 4.39 Å². The lowest BCUT2D eigenvalue weighted by Crippen LogP contribution is -1.90. The van der Waals surface area contributed by atoms with Crippen molar-refractivity contribution in [3.63, 3.8) is 0 Å². The van der Waals surface area contributed by atoms with Crippen LogP contribution in [-0.4, -0.2) is 9.97 Å². The average Bonchev–Trinajstić information content (AvgIpc) is 2.07. The fraction of sp³-hybridized carbons (Fsp3) is 0.111. The number of fused-ring (bicyclic) bond motifs is 1. The summed E-state index contributed by atoms with van der Waals surface area (Å²) < 4.78 is 13.0. The van der Waals surface area contributed by atoms with E-state index in [0.29, 0.717) is 16.7 Å². The quantitative estimate of drug-likeness (QED) is 0.589. The van der Waals surface area contributed by atoms with Gasteiger partial charge in [-0.2, -0.15) is 0 Å². The first-order chi connectivity index (χ1) is 5.77. The van der Waals surface area contributed by atoms with Crippen LogP contribution < -0.4 is 0 Å². The van der Waals surface area contributed by atoms with Gasteiger partial charge in [0.15, 0.2) is 5.82 Å². The van der Waals surface area contributed by atoms with E-state index in [1.807, 2.05) is 0 Å². The van der Waals surface area contributed by atoms with E-state index in [2.05, 4.69) is 16.2 Å². The van der Waals surface area contributed by atoms with Crippen molar-refractivity contribution in [1.29, 1.82) is 0 Å². The minimum atomic E-state index is -0.336. The standard InChI is InChI=1S/C9H6FN2/c1-6-5-11-8-4-2-3-7(10)9(8)12-6/h2-4H,1H3. The lowest BCUT2D eigenvalue weighted by molar-refractivity contribution is 0.636. The Labute approximate surface area is 69.1 Å². The maximum atomic E-state index is 13.0. The molecule has 1 aromatic heterocycles. The molecule has 0 saturated carbocycles. The highest BCUT2D eigenvalue weighted by Crippen LogP contribution is 2.12. The Kier molecular flexibility index (Phi) is 1.50. The molecule has 2 rings (SSSR count). The molecule has 1 radical (unpaired) electrons. The van der Waals surface area contributed by atoms with E-state index in [0.717, 1.165) is 0 Å². The summed E-state index contributed by atoms with van der Waals surface area (Å²) in [4.78, 5) is 7.90. The molecule has 0 aliphatic carbocycles. The molecule has 12 heavy (non-hydrogen) atoms. The third kappa shape index (κ3) is 1.03. The third-order valence-electron chi connectivity index (χ3n) is 1.58. The smallest absolute Gasteiger partial charge is 0.151 e. The Hall–Kier alpha value is -1.51. The zero-order chi connectivity index (χ0) is 8.55. The second-order valence-corrected chi connectivity index (χ2v) is 2.53. The number of rotatable bonds is 0. The predicted octanol–water partition coefficient (Wildman–Crippen LogP) is 1.88. The van der Waals surface area contributed by atoms with Gasteiger partial charge in [-0.05, 0) is 19.1 Å². The van der Waals surface area contributed by atoms with Crippen LogP contribution in [0.3, 0.4) is 0 Å². The van der Waals surface area contributed by atoms with Crippen molar-refractivity contribution in [2.75, 3.05) is 0 Å². The zero-order valence-corrected chi connectivity index (χ0v) is 6.50. The van der Waals surface area contributed by atoms with Crippen LogP contribution >= 0.6 is 0 Å². The minimum absolute atomic E-state index is 0.314. The number of aryl methyl sites for hydroxylation is 1. The largest absolute Gasteiger partial charge is 0.246 e. The summed E-state index contributed by atoms with van der Waals surface area (Å²) in [7, 11) is 0. The summed E-state index contributed by atoms with van der Waals surface area (Å²) in [6.45, 7) is 1.74. The van der Waals surface area contributed by atoms with E-state index in [1.54, 1.807) is 19.1 Å². The van der Waals surface area contributed by atoms with Crippen LogP contribution in [0.2, 0.25) is 0 Å². The highest BCUT2D eigenvalue weighted by atomic mass is 19.1. The normalized spacial score (nSPS) is 10.5. The van der Waals surface area contributed by atoms with E-state index >= 15 is 0 Å². The van der Waals surface area contributed by atoms with Crippen LogP contribution in [0, 0.1) is 18.9 Å². The molecule has 0 fully saturated rings. The lowest BCUT2D eigenvalue weighted by Gasteiger charge is -1.96. The zero-order valence-electron chi connectivity index (χ0n) is 6.50. The molecule has 2 nitrogen and oxygen atoms in total. The van der Waals surface area contributed by atoms with Gasteiger partial charge in [0.2, 0.25) is 0 Å². The Morgan fingerprint density at radius 1 is 1.42 bits per heavy atom. The maximum Gasteiger partial charge on any atom is 0.151 e. The Morgan fingerprint density at radius 2 is 2.25 bits per heavy atom. The summed E-state index contributed by atoms with van der Waals surface area (Å²) >= 11 is 0. The second kappa shape index (κ2) is 2.52. The molecule has 1 aromatic carbocycles. The van der Waals surface area contributed by atoms with Gasteiger partial charge in [0.25, 0.3) is 0 Å². The van der Waals surface area contributed by atoms with Gasteiger partial charge in [-0.3, -0.25) is 0 Å². The molecule has 59 valence electrons. The third-order valence-corrected chi connectivity index (χ3v) is 1.58. The van der Waals surface area contributed by atoms with Crippen LogP contribution in [0.1, 0.15) is 5.69 Å². The Bertz CT molecular complexity index is 426. The molecule has 0 aliphatic heterocycles. The number of hydrogen-bond donors (Lipinski definition) is 0. The molecular formula is C9H6FN2. The van der Waals surface area contributed by atoms with E-state index in [9.17, 15) is 4.39 Å². The molecule has 1 heterocycles. The lowest BCUT2D eigenvalue weighted by atomic mass is 10.3. The minimum Gasteiger partial charge on any atom is -0.246 e. The van der Waals surface area contributed by atoms with Gasteiger partial charge in [-0.25, -0.2) is 14.4 Å². The topological polar surface area (TPSA) is 25.8 Å². The van der Waals surface area contributed by atoms with Gasteiger partial charge in [0.05, 0.1) is 11.2 Å². The van der Waals surface area contributed by atoms with Crippen LogP contribution in [0.5, 0.6) is 0 Å². The highest BCUT2D eigenvalue weighted by molar-refractivity contribution is 5.74. The van der Waals surface area contributed by atoms with Crippen LogP contribution in [-0.2, 0) is 0 Å². The van der Waals surface area contributed by atoms with Gasteiger partial charge >= 0.3 is 0 Å². The molecule has 0 amide bonds. The summed E-state index contributed by atoms with van der Waals surface area (Å²) in [5.74, 6) is -0.336. The van der Waals surface area contributed by atoms with Gasteiger partial charge in [-0.15, -0.1) is 0 Å². The molecule has 0 N–H and O–H groups in total. The number of nitrogens with zero attached hydrogens (tertiary/aromatic N) is 2. The van der Waals surface area contributed by atoms with Crippen molar-refractivity contribution in [2.45, 2.75) is 6.92 Å². The van der Waals surface area contributed by atoms with Gasteiger partial charge < -0.3 is 0 Å². The fourth-order valence-corrected chi connectivity index (χ4v) is 1.04. The van der Waals surface area contributed by atoms with Crippen LogP contribution in [0.25, 0.3) is 11.0 Å². The van der Waals surface area contributed by atoms with Crippen molar-refractivity contribution >= 4 is 11.0 Å². The number of halogens is 1. The number of hydrogen-bond acceptors (Lipinski definition) is 2. The van der Waals surface area contributed by atoms with Crippen molar-refractivity contribution in [3.8, 4) is 0 Å². The molecule has 3 heteroatoms. The molecule has 0 unspecified atom stereocenters. The van der Waals surface area contributed by atoms with Crippen molar-refractivity contribution < 1.29 is 4.39 Å². The Balaban J connectivity index is 2.88. The maximum absolute atomic E-state index is 13.0. The first-order valence-electron chi connectivity index (χ1n) is 3.58. The monoisotopic (exact) mass is 161 g/mol. The van der Waals surface area contributed by atoms with E-state index in [1.165, 1.54) is 6.07 Å². The number of para-hydroxylation sites is 1. The molecule has 0 aliphatic rings. The molecule has 2 aromatic rings. The fourth-order valence-electron chi connectivity index (χ4n) is 1.04. The number of benzene rings is 1. The molecule has 0 saturated heterocycles. The van der Waals surface area contributed by atoms with Crippen molar-refractivity contribution in [2.24, 2.45) is 0 Å². The highest BCUT2D eigenvalue weighted by Gasteiger charge is 2.01. The molecule has 0 bridgehead atoms. The second-order valence-electron chi connectivity index (χ2n) is 2.53. The SMILES string of the molecule is Cc1[c]nc2cccc(F)c2n1. The average molecular weight is 161 g/mol. The Morgan fingerprint density at radius 3 is 3.08 bits per heavy atom. The van der Waals surface area contributed by atoms with Gasteiger partial charge in [-0.1, -0.05) is 6.07 Å². The van der Waals surface area contributed by atoms with E-state index < -0.39 is 0 Å². The summed E-state index contributed by atoms with van der Waals surface area (Å²) in [6.07, 6.45) is 2.67. The number of aromatic nitrogens is 2. The first kappa shape index (κ1) is 7.16. The summed E-state index contributed by atoms with van der Waals surface area (Å²) in [5, 5.41) is 0. The van der Waals surface area contributed by atoms with Crippen molar-refractivity contribution in [1.82, 2.24) is 9.97 Å². The van der Waals surface area contributed by atoms with Gasteiger partial charge in [0, 0.05) is 0 Å².